The summed E-state index contributed by atoms with van der Waals surface area (Å²) in [5.41, 5.74) is -0.158. The lowest BCUT2D eigenvalue weighted by Gasteiger charge is -2.41. The summed E-state index contributed by atoms with van der Waals surface area (Å²) >= 11 is 2.10. The zero-order valence-corrected chi connectivity index (χ0v) is 15.1. The van der Waals surface area contributed by atoms with Crippen LogP contribution in [-0.4, -0.2) is 59.3 Å². The largest absolute Gasteiger partial charge is 0.368 e. The van der Waals surface area contributed by atoms with Crippen LogP contribution in [0.1, 0.15) is 41.5 Å². The maximum atomic E-state index is 6.35. The van der Waals surface area contributed by atoms with Crippen LogP contribution in [-0.2, 0) is 4.74 Å². The minimum absolute atomic E-state index is 0.0636. The number of ether oxygens (including phenoxy) is 1. The molecule has 2 saturated heterocycles. The molecule has 2 heterocycles. The average molecular weight is 301 g/mol. The van der Waals surface area contributed by atoms with Gasteiger partial charge in [0, 0.05) is 42.1 Å². The molecule has 0 bridgehead atoms. The van der Waals surface area contributed by atoms with Gasteiger partial charge in [0.1, 0.15) is 0 Å². The second kappa shape index (κ2) is 5.45. The van der Waals surface area contributed by atoms with Crippen molar-refractivity contribution in [3.05, 3.63) is 0 Å². The molecule has 2 rings (SSSR count). The zero-order valence-electron chi connectivity index (χ0n) is 14.2. The summed E-state index contributed by atoms with van der Waals surface area (Å²) in [6.45, 7) is 17.2. The Balaban J connectivity index is 2.10. The Morgan fingerprint density at radius 3 is 2.35 bits per heavy atom. The molecule has 20 heavy (non-hydrogen) atoms. The van der Waals surface area contributed by atoms with E-state index in [0.29, 0.717) is 16.7 Å². The number of rotatable bonds is 3. The predicted molar refractivity (Wildman–Crippen MR) is 88.6 cm³/mol. The highest BCUT2D eigenvalue weighted by molar-refractivity contribution is 8.00. The van der Waals surface area contributed by atoms with Gasteiger partial charge in [0.05, 0.1) is 11.2 Å². The van der Waals surface area contributed by atoms with Gasteiger partial charge in [-0.05, 0) is 48.6 Å². The monoisotopic (exact) mass is 300 g/mol. The molecule has 118 valence electrons. The lowest BCUT2D eigenvalue weighted by atomic mass is 9.82. The van der Waals surface area contributed by atoms with E-state index in [4.69, 9.17) is 4.74 Å². The summed E-state index contributed by atoms with van der Waals surface area (Å²) in [6.07, 6.45) is 0. The van der Waals surface area contributed by atoms with E-state index in [1.54, 1.807) is 0 Å². The zero-order chi connectivity index (χ0) is 15.2. The summed E-state index contributed by atoms with van der Waals surface area (Å²) in [5, 5.41) is 3.51. The first-order chi connectivity index (χ1) is 9.07. The molecule has 2 atom stereocenters. The lowest BCUT2D eigenvalue weighted by Crippen LogP contribution is -2.52. The maximum absolute atomic E-state index is 6.35. The van der Waals surface area contributed by atoms with Gasteiger partial charge < -0.3 is 15.0 Å². The molecule has 2 aliphatic heterocycles. The molecular formula is C16H32N2OS. The third kappa shape index (κ3) is 3.34. The van der Waals surface area contributed by atoms with Crippen LogP contribution >= 0.6 is 11.8 Å². The van der Waals surface area contributed by atoms with Crippen molar-refractivity contribution in [2.75, 3.05) is 32.4 Å². The van der Waals surface area contributed by atoms with E-state index in [9.17, 15) is 0 Å². The molecule has 1 N–H and O–H groups in total. The summed E-state index contributed by atoms with van der Waals surface area (Å²) in [6, 6.07) is 0.412. The van der Waals surface area contributed by atoms with Gasteiger partial charge in [0.25, 0.3) is 0 Å². The number of nitrogens with one attached hydrogen (secondary N) is 1. The molecule has 0 radical (unpaired) electrons. The highest BCUT2D eigenvalue weighted by atomic mass is 32.2. The average Bonchev–Trinajstić information content (AvgIpc) is 2.42. The molecule has 0 aliphatic carbocycles. The number of thioether (sulfide) groups is 1. The predicted octanol–water partition coefficient (Wildman–Crippen LogP) is 2.61. The first kappa shape index (κ1) is 16.6. The molecule has 0 aromatic rings. The second-order valence-corrected chi connectivity index (χ2v) is 9.83. The van der Waals surface area contributed by atoms with Gasteiger partial charge in [0.15, 0.2) is 0 Å². The van der Waals surface area contributed by atoms with Crippen LogP contribution in [0.25, 0.3) is 0 Å². The lowest BCUT2D eigenvalue weighted by molar-refractivity contribution is -0.0794. The Hall–Kier alpha value is 0.230. The fourth-order valence-corrected chi connectivity index (χ4v) is 5.30. The first-order valence-electron chi connectivity index (χ1n) is 7.81. The van der Waals surface area contributed by atoms with Crippen LogP contribution in [0.3, 0.4) is 0 Å². The number of hydrogen-bond donors (Lipinski definition) is 1. The Morgan fingerprint density at radius 1 is 1.15 bits per heavy atom. The van der Waals surface area contributed by atoms with Crippen molar-refractivity contribution >= 4 is 11.8 Å². The summed E-state index contributed by atoms with van der Waals surface area (Å²) in [4.78, 5) is 2.64. The standard InChI is InChI=1S/C16H32N2OS/c1-14(2)11-18(8-9-20-14)10-12-13(17-7)16(5,6)19-15(12,3)4/h12-13,17H,8-11H2,1-7H3. The molecule has 0 amide bonds. The number of nitrogens with zero attached hydrogens (tertiary/aromatic N) is 1. The minimum atomic E-state index is -0.0943. The van der Waals surface area contributed by atoms with E-state index in [2.05, 4.69) is 70.6 Å². The van der Waals surface area contributed by atoms with Crippen molar-refractivity contribution in [3.8, 4) is 0 Å². The highest BCUT2D eigenvalue weighted by Crippen LogP contribution is 2.43. The second-order valence-electron chi connectivity index (χ2n) is 8.03. The van der Waals surface area contributed by atoms with Crippen molar-refractivity contribution in [3.63, 3.8) is 0 Å². The van der Waals surface area contributed by atoms with Crippen LogP contribution in [0.4, 0.5) is 0 Å². The van der Waals surface area contributed by atoms with Crippen LogP contribution < -0.4 is 5.32 Å². The van der Waals surface area contributed by atoms with Crippen LogP contribution in [0, 0.1) is 5.92 Å². The third-order valence-corrected chi connectivity index (χ3v) is 6.14. The van der Waals surface area contributed by atoms with Crippen molar-refractivity contribution in [1.29, 1.82) is 0 Å². The van der Waals surface area contributed by atoms with Gasteiger partial charge >= 0.3 is 0 Å². The van der Waals surface area contributed by atoms with Crippen LogP contribution in [0.2, 0.25) is 0 Å². The molecule has 3 nitrogen and oxygen atoms in total. The Kier molecular flexibility index (Phi) is 4.53. The first-order valence-corrected chi connectivity index (χ1v) is 8.80. The normalized spacial score (nSPS) is 36.1. The molecule has 0 aromatic carbocycles. The van der Waals surface area contributed by atoms with Gasteiger partial charge in [-0.3, -0.25) is 0 Å². The quantitative estimate of drug-likeness (QED) is 0.866. The van der Waals surface area contributed by atoms with E-state index in [1.165, 1.54) is 18.8 Å². The van der Waals surface area contributed by atoms with Gasteiger partial charge in [-0.25, -0.2) is 0 Å². The van der Waals surface area contributed by atoms with E-state index in [0.717, 1.165) is 6.54 Å². The van der Waals surface area contributed by atoms with Crippen LogP contribution in [0.5, 0.6) is 0 Å². The van der Waals surface area contributed by atoms with E-state index >= 15 is 0 Å². The van der Waals surface area contributed by atoms with E-state index < -0.39 is 0 Å². The SMILES string of the molecule is CNC1C(CN2CCSC(C)(C)C2)C(C)(C)OC1(C)C. The van der Waals surface area contributed by atoms with E-state index in [1.807, 2.05) is 0 Å². The fraction of sp³-hybridized carbons (Fsp3) is 1.00. The topological polar surface area (TPSA) is 24.5 Å². The van der Waals surface area contributed by atoms with E-state index in [-0.39, 0.29) is 11.2 Å². The molecular weight excluding hydrogens is 268 g/mol. The minimum Gasteiger partial charge on any atom is -0.368 e. The third-order valence-electron chi connectivity index (χ3n) is 4.84. The summed E-state index contributed by atoms with van der Waals surface area (Å²) in [5.74, 6) is 1.77. The smallest absolute Gasteiger partial charge is 0.0790 e. The van der Waals surface area contributed by atoms with Crippen LogP contribution in [0.15, 0.2) is 0 Å². The molecule has 2 aliphatic rings. The Labute approximate surface area is 129 Å². The highest BCUT2D eigenvalue weighted by Gasteiger charge is 2.53. The summed E-state index contributed by atoms with van der Waals surface area (Å²) < 4.78 is 6.73. The van der Waals surface area contributed by atoms with Gasteiger partial charge in [-0.1, -0.05) is 0 Å². The molecule has 2 unspecified atom stereocenters. The van der Waals surface area contributed by atoms with Crippen molar-refractivity contribution in [1.82, 2.24) is 10.2 Å². The maximum Gasteiger partial charge on any atom is 0.0790 e. The van der Waals surface area contributed by atoms with Gasteiger partial charge in [0.2, 0.25) is 0 Å². The Bertz CT molecular complexity index is 354. The molecule has 4 heteroatoms. The Morgan fingerprint density at radius 2 is 1.80 bits per heavy atom. The summed E-state index contributed by atoms with van der Waals surface area (Å²) in [7, 11) is 2.07. The fourth-order valence-electron chi connectivity index (χ4n) is 4.13. The number of hydrogen-bond acceptors (Lipinski definition) is 4. The van der Waals surface area contributed by atoms with Gasteiger partial charge in [-0.2, -0.15) is 11.8 Å². The van der Waals surface area contributed by atoms with Gasteiger partial charge in [-0.15, -0.1) is 0 Å². The molecule has 0 saturated carbocycles. The van der Waals surface area contributed by atoms with Crippen molar-refractivity contribution in [2.45, 2.75) is 63.5 Å². The molecule has 2 fully saturated rings. The van der Waals surface area contributed by atoms with Crippen molar-refractivity contribution < 1.29 is 4.74 Å². The molecule has 0 aromatic heterocycles. The van der Waals surface area contributed by atoms with Crippen molar-refractivity contribution in [2.24, 2.45) is 5.92 Å². The number of likely N-dealkylation sites (N-methyl/N-ethyl adjacent to an activating group) is 1. The molecule has 0 spiro atoms.